The van der Waals surface area contributed by atoms with Gasteiger partial charge in [0.25, 0.3) is 0 Å². The van der Waals surface area contributed by atoms with Gasteiger partial charge in [-0.05, 0) is 35.7 Å². The molecule has 3 aromatic carbocycles. The molecule has 0 radical (unpaired) electrons. The number of fused-ring (bicyclic) bond motifs is 3. The minimum absolute atomic E-state index is 1.33. The lowest BCUT2D eigenvalue weighted by Crippen LogP contribution is -1.83. The van der Waals surface area contributed by atoms with Crippen molar-refractivity contribution in [2.24, 2.45) is 0 Å². The van der Waals surface area contributed by atoms with Gasteiger partial charge in [0.1, 0.15) is 0 Å². The molecule has 0 nitrogen and oxygen atoms in total. The summed E-state index contributed by atoms with van der Waals surface area (Å²) < 4.78 is 2.73. The number of rotatable bonds is 1. The number of thiophene rings is 1. The molecule has 96 valence electrons. The van der Waals surface area contributed by atoms with Gasteiger partial charge < -0.3 is 0 Å². The van der Waals surface area contributed by atoms with Gasteiger partial charge in [-0.2, -0.15) is 0 Å². The molecule has 0 fully saturated rings. The van der Waals surface area contributed by atoms with Crippen molar-refractivity contribution in [1.82, 2.24) is 0 Å². The maximum absolute atomic E-state index is 2.24. The fourth-order valence-corrected chi connectivity index (χ4v) is 4.01. The van der Waals surface area contributed by atoms with Crippen molar-refractivity contribution in [2.45, 2.75) is 6.92 Å². The molecule has 0 spiro atoms. The Balaban J connectivity index is 2.17. The standard InChI is InChI=1S/C19H14S/c1-13-7-2-3-8-14(13)15-10-6-12-18-19(15)16-9-4-5-11-17(16)20-18/h2-12H,1H3. The Hall–Kier alpha value is -2.12. The molecule has 0 bridgehead atoms. The van der Waals surface area contributed by atoms with Crippen LogP contribution < -0.4 is 0 Å². The molecular formula is C19H14S. The van der Waals surface area contributed by atoms with Crippen molar-refractivity contribution in [3.8, 4) is 11.1 Å². The topological polar surface area (TPSA) is 0 Å². The average molecular weight is 274 g/mol. The average Bonchev–Trinajstić information content (AvgIpc) is 2.86. The first-order valence-electron chi connectivity index (χ1n) is 6.81. The molecule has 0 aliphatic heterocycles. The monoisotopic (exact) mass is 274 g/mol. The highest BCUT2D eigenvalue weighted by molar-refractivity contribution is 7.25. The molecular weight excluding hydrogens is 260 g/mol. The molecule has 0 saturated heterocycles. The lowest BCUT2D eigenvalue weighted by molar-refractivity contribution is 1.47. The van der Waals surface area contributed by atoms with Crippen LogP contribution in [0.2, 0.25) is 0 Å². The highest BCUT2D eigenvalue weighted by atomic mass is 32.1. The Morgan fingerprint density at radius 2 is 1.35 bits per heavy atom. The number of aryl methyl sites for hydroxylation is 1. The van der Waals surface area contributed by atoms with Crippen molar-refractivity contribution in [1.29, 1.82) is 0 Å². The largest absolute Gasteiger partial charge is 0.135 e. The first-order valence-corrected chi connectivity index (χ1v) is 7.62. The smallest absolute Gasteiger partial charge is 0.0361 e. The molecule has 0 N–H and O–H groups in total. The van der Waals surface area contributed by atoms with E-state index in [-0.39, 0.29) is 0 Å². The predicted molar refractivity (Wildman–Crippen MR) is 89.5 cm³/mol. The quantitative estimate of drug-likeness (QED) is 0.397. The van der Waals surface area contributed by atoms with E-state index in [0.717, 1.165) is 0 Å². The van der Waals surface area contributed by atoms with Gasteiger partial charge in [0, 0.05) is 20.2 Å². The van der Waals surface area contributed by atoms with E-state index in [9.17, 15) is 0 Å². The number of hydrogen-bond acceptors (Lipinski definition) is 1. The summed E-state index contributed by atoms with van der Waals surface area (Å²) in [6.07, 6.45) is 0. The van der Waals surface area contributed by atoms with Gasteiger partial charge in [-0.3, -0.25) is 0 Å². The molecule has 0 atom stereocenters. The van der Waals surface area contributed by atoms with Crippen molar-refractivity contribution in [3.63, 3.8) is 0 Å². The normalized spacial score (nSPS) is 11.2. The Morgan fingerprint density at radius 1 is 0.650 bits per heavy atom. The van der Waals surface area contributed by atoms with Crippen LogP contribution in [0.15, 0.2) is 66.7 Å². The van der Waals surface area contributed by atoms with E-state index in [1.54, 1.807) is 0 Å². The summed E-state index contributed by atoms with van der Waals surface area (Å²) in [5.41, 5.74) is 4.01. The lowest BCUT2D eigenvalue weighted by Gasteiger charge is -2.07. The van der Waals surface area contributed by atoms with E-state index in [2.05, 4.69) is 73.7 Å². The molecule has 0 aliphatic carbocycles. The third-order valence-electron chi connectivity index (χ3n) is 3.84. The molecule has 4 rings (SSSR count). The van der Waals surface area contributed by atoms with Crippen LogP contribution in [0.25, 0.3) is 31.3 Å². The van der Waals surface area contributed by atoms with Crippen molar-refractivity contribution in [2.75, 3.05) is 0 Å². The van der Waals surface area contributed by atoms with Crippen LogP contribution in [-0.2, 0) is 0 Å². The molecule has 1 heteroatoms. The van der Waals surface area contributed by atoms with Crippen LogP contribution >= 0.6 is 11.3 Å². The molecule has 0 aliphatic rings. The van der Waals surface area contributed by atoms with Gasteiger partial charge >= 0.3 is 0 Å². The molecule has 0 amide bonds. The zero-order valence-corrected chi connectivity index (χ0v) is 12.1. The van der Waals surface area contributed by atoms with E-state index in [1.165, 1.54) is 36.9 Å². The summed E-state index contributed by atoms with van der Waals surface area (Å²) in [5.74, 6) is 0. The second-order valence-electron chi connectivity index (χ2n) is 5.09. The maximum Gasteiger partial charge on any atom is 0.0361 e. The Kier molecular flexibility index (Phi) is 2.61. The van der Waals surface area contributed by atoms with Crippen LogP contribution in [0.3, 0.4) is 0 Å². The maximum atomic E-state index is 2.24. The van der Waals surface area contributed by atoms with E-state index in [0.29, 0.717) is 0 Å². The van der Waals surface area contributed by atoms with Crippen LogP contribution in [0.4, 0.5) is 0 Å². The SMILES string of the molecule is Cc1ccccc1-c1cccc2sc3ccccc3c12. The summed E-state index contributed by atoms with van der Waals surface area (Å²) in [6.45, 7) is 2.18. The third-order valence-corrected chi connectivity index (χ3v) is 4.97. The minimum atomic E-state index is 1.33. The van der Waals surface area contributed by atoms with Crippen molar-refractivity contribution >= 4 is 31.5 Å². The van der Waals surface area contributed by atoms with Gasteiger partial charge in [0.2, 0.25) is 0 Å². The number of hydrogen-bond donors (Lipinski definition) is 0. The summed E-state index contributed by atoms with van der Waals surface area (Å²) in [4.78, 5) is 0. The summed E-state index contributed by atoms with van der Waals surface area (Å²) in [5, 5.41) is 2.76. The Labute approximate surface area is 122 Å². The first-order chi connectivity index (χ1) is 9.84. The molecule has 1 aromatic heterocycles. The summed E-state index contributed by atoms with van der Waals surface area (Å²) in [6, 6.07) is 23.9. The van der Waals surface area contributed by atoms with Crippen molar-refractivity contribution < 1.29 is 0 Å². The lowest BCUT2D eigenvalue weighted by atomic mass is 9.96. The molecule has 1 heterocycles. The minimum Gasteiger partial charge on any atom is -0.135 e. The molecule has 0 saturated carbocycles. The highest BCUT2D eigenvalue weighted by Crippen LogP contribution is 2.40. The fourth-order valence-electron chi connectivity index (χ4n) is 2.87. The van der Waals surface area contributed by atoms with Crippen LogP contribution in [-0.4, -0.2) is 0 Å². The van der Waals surface area contributed by atoms with E-state index < -0.39 is 0 Å². The van der Waals surface area contributed by atoms with Gasteiger partial charge in [0.05, 0.1) is 0 Å². The van der Waals surface area contributed by atoms with Crippen LogP contribution in [0.5, 0.6) is 0 Å². The van der Waals surface area contributed by atoms with Gasteiger partial charge in [-0.15, -0.1) is 11.3 Å². The fraction of sp³-hybridized carbons (Fsp3) is 0.0526. The second kappa shape index (κ2) is 4.46. The molecule has 20 heavy (non-hydrogen) atoms. The van der Waals surface area contributed by atoms with Gasteiger partial charge in [0.15, 0.2) is 0 Å². The van der Waals surface area contributed by atoms with E-state index in [1.807, 2.05) is 11.3 Å². The molecule has 4 aromatic rings. The van der Waals surface area contributed by atoms with E-state index >= 15 is 0 Å². The van der Waals surface area contributed by atoms with Crippen molar-refractivity contribution in [3.05, 3.63) is 72.3 Å². The van der Waals surface area contributed by atoms with Gasteiger partial charge in [-0.25, -0.2) is 0 Å². The number of benzene rings is 3. The second-order valence-corrected chi connectivity index (χ2v) is 6.18. The zero-order chi connectivity index (χ0) is 13.5. The summed E-state index contributed by atoms with van der Waals surface area (Å²) >= 11 is 1.88. The predicted octanol–water partition coefficient (Wildman–Crippen LogP) is 6.03. The zero-order valence-electron chi connectivity index (χ0n) is 11.3. The summed E-state index contributed by atoms with van der Waals surface area (Å²) in [7, 11) is 0. The highest BCUT2D eigenvalue weighted by Gasteiger charge is 2.11. The van der Waals surface area contributed by atoms with E-state index in [4.69, 9.17) is 0 Å². The van der Waals surface area contributed by atoms with Crippen LogP contribution in [0, 0.1) is 6.92 Å². The Bertz CT molecular complexity index is 915. The first kappa shape index (κ1) is 11.7. The molecule has 0 unspecified atom stereocenters. The Morgan fingerprint density at radius 3 is 2.25 bits per heavy atom. The van der Waals surface area contributed by atoms with Gasteiger partial charge in [-0.1, -0.05) is 54.6 Å². The van der Waals surface area contributed by atoms with Crippen LogP contribution in [0.1, 0.15) is 5.56 Å². The third kappa shape index (κ3) is 1.67.